The summed E-state index contributed by atoms with van der Waals surface area (Å²) in [4.78, 5) is 57.1. The van der Waals surface area contributed by atoms with Crippen molar-refractivity contribution in [2.24, 2.45) is 0 Å². The molecule has 0 aliphatic carbocycles. The monoisotopic (exact) mass is 487 g/mol. The highest BCUT2D eigenvalue weighted by molar-refractivity contribution is 6.00. The second-order valence-electron chi connectivity index (χ2n) is 9.47. The van der Waals surface area contributed by atoms with E-state index in [0.717, 1.165) is 32.2 Å². The van der Waals surface area contributed by atoms with Gasteiger partial charge in [0.05, 0.1) is 24.6 Å². The summed E-state index contributed by atoms with van der Waals surface area (Å²) in [7, 11) is 5.52. The van der Waals surface area contributed by atoms with Crippen molar-refractivity contribution < 1.29 is 23.9 Å². The summed E-state index contributed by atoms with van der Waals surface area (Å²) in [6, 6.07) is 5.62. The van der Waals surface area contributed by atoms with Crippen LogP contribution in [0.25, 0.3) is 0 Å². The fourth-order valence-electron chi connectivity index (χ4n) is 4.35. The average Bonchev–Trinajstić information content (AvgIpc) is 3.30. The lowest BCUT2D eigenvalue weighted by molar-refractivity contribution is -0.141. The van der Waals surface area contributed by atoms with Crippen LogP contribution in [0.15, 0.2) is 24.3 Å². The van der Waals surface area contributed by atoms with Gasteiger partial charge in [-0.05, 0) is 58.5 Å². The third kappa shape index (κ3) is 7.42. The van der Waals surface area contributed by atoms with E-state index in [4.69, 9.17) is 4.74 Å². The Kier molecular flexibility index (Phi) is 9.47. The molecule has 10 nitrogen and oxygen atoms in total. The van der Waals surface area contributed by atoms with Crippen molar-refractivity contribution >= 4 is 23.6 Å². The van der Waals surface area contributed by atoms with Crippen LogP contribution in [-0.2, 0) is 14.4 Å². The molecule has 3 rings (SSSR count). The quantitative estimate of drug-likeness (QED) is 0.565. The van der Waals surface area contributed by atoms with Crippen LogP contribution >= 0.6 is 0 Å². The van der Waals surface area contributed by atoms with Crippen molar-refractivity contribution in [1.82, 2.24) is 25.3 Å². The maximum Gasteiger partial charge on any atom is 0.255 e. The van der Waals surface area contributed by atoms with Crippen LogP contribution in [0, 0.1) is 0 Å². The molecule has 2 N–H and O–H groups in total. The Bertz CT molecular complexity index is 921. The Hall–Kier alpha value is -3.14. The number of carbonyl (C=O) groups excluding carboxylic acids is 4. The molecule has 35 heavy (non-hydrogen) atoms. The van der Waals surface area contributed by atoms with Gasteiger partial charge in [0.25, 0.3) is 5.91 Å². The van der Waals surface area contributed by atoms with Crippen LogP contribution < -0.4 is 15.4 Å². The van der Waals surface area contributed by atoms with Crippen molar-refractivity contribution in [3.8, 4) is 5.75 Å². The summed E-state index contributed by atoms with van der Waals surface area (Å²) in [6.07, 6.45) is 3.10. The normalized spacial score (nSPS) is 21.7. The van der Waals surface area contributed by atoms with Gasteiger partial charge in [0, 0.05) is 20.1 Å². The molecule has 2 aliphatic heterocycles. The predicted molar refractivity (Wildman–Crippen MR) is 131 cm³/mol. The van der Waals surface area contributed by atoms with Gasteiger partial charge in [0.15, 0.2) is 0 Å². The van der Waals surface area contributed by atoms with E-state index >= 15 is 0 Å². The predicted octanol–water partition coefficient (Wildman–Crippen LogP) is 0.475. The van der Waals surface area contributed by atoms with Gasteiger partial charge in [-0.3, -0.25) is 19.2 Å². The highest BCUT2D eigenvalue weighted by Crippen LogP contribution is 2.23. The number of rotatable bonds is 6. The molecule has 1 aromatic carbocycles. The molecule has 0 bridgehead atoms. The number of amides is 4. The van der Waals surface area contributed by atoms with Crippen LogP contribution in [-0.4, -0.2) is 104 Å². The molecule has 2 heterocycles. The van der Waals surface area contributed by atoms with Gasteiger partial charge in [0.1, 0.15) is 18.4 Å². The molecule has 0 saturated carbocycles. The molecule has 192 valence electrons. The molecule has 1 aromatic rings. The molecule has 0 unspecified atom stereocenters. The fourth-order valence-corrected chi connectivity index (χ4v) is 4.35. The van der Waals surface area contributed by atoms with Crippen LogP contribution in [0.1, 0.15) is 42.5 Å². The molecular formula is C25H37N5O5. The molecular weight excluding hydrogens is 450 g/mol. The first-order valence-corrected chi connectivity index (χ1v) is 12.2. The molecule has 4 amide bonds. The summed E-state index contributed by atoms with van der Waals surface area (Å²) in [6.45, 7) is 2.12. The standard InChI is InChI=1S/C25H37N5O5/c1-28(2)13-7-6-12-26-25(34)20-15-22(31)29(3)16-23(32)30-14-8-9-18(30)17-35-21-11-5-4-10-19(21)24(33)27-20/h4-5,10-11,18,20H,6-9,12-17H2,1-3H3,(H,26,34)(H,27,33)/t18-,20+/m1/s1. The number of hydrogen-bond acceptors (Lipinski definition) is 6. The van der Waals surface area contributed by atoms with Crippen molar-refractivity contribution in [1.29, 1.82) is 0 Å². The lowest BCUT2D eigenvalue weighted by Gasteiger charge is -2.29. The van der Waals surface area contributed by atoms with Crippen molar-refractivity contribution in [2.45, 2.75) is 44.2 Å². The van der Waals surface area contributed by atoms with Gasteiger partial charge >= 0.3 is 0 Å². The van der Waals surface area contributed by atoms with E-state index in [-0.39, 0.29) is 43.0 Å². The van der Waals surface area contributed by atoms with Crippen molar-refractivity contribution in [3.05, 3.63) is 29.8 Å². The summed E-state index contributed by atoms with van der Waals surface area (Å²) < 4.78 is 5.98. The average molecular weight is 488 g/mol. The number of benzene rings is 1. The Balaban J connectivity index is 1.78. The maximum absolute atomic E-state index is 13.1. The van der Waals surface area contributed by atoms with Gasteiger partial charge in [0.2, 0.25) is 17.7 Å². The molecule has 0 radical (unpaired) electrons. The third-order valence-corrected chi connectivity index (χ3v) is 6.39. The molecule has 0 spiro atoms. The summed E-state index contributed by atoms with van der Waals surface area (Å²) >= 11 is 0. The van der Waals surface area contributed by atoms with E-state index in [2.05, 4.69) is 15.5 Å². The largest absolute Gasteiger partial charge is 0.491 e. The maximum atomic E-state index is 13.1. The molecule has 2 aliphatic rings. The lowest BCUT2D eigenvalue weighted by atomic mass is 10.1. The second-order valence-corrected chi connectivity index (χ2v) is 9.47. The first-order valence-electron chi connectivity index (χ1n) is 12.2. The van der Waals surface area contributed by atoms with E-state index < -0.39 is 17.9 Å². The zero-order valence-corrected chi connectivity index (χ0v) is 20.9. The second kappa shape index (κ2) is 12.5. The minimum atomic E-state index is -1.07. The third-order valence-electron chi connectivity index (χ3n) is 6.39. The lowest BCUT2D eigenvalue weighted by Crippen LogP contribution is -2.51. The molecule has 2 atom stereocenters. The van der Waals surface area contributed by atoms with E-state index in [1.807, 2.05) is 14.1 Å². The smallest absolute Gasteiger partial charge is 0.255 e. The zero-order valence-electron chi connectivity index (χ0n) is 20.9. The SMILES string of the molecule is CN(C)CCCCNC(=O)[C@@H]1CC(=O)N(C)CC(=O)N2CCC[C@@H]2COc2ccccc2C(=O)N1. The molecule has 0 aromatic heterocycles. The molecule has 10 heteroatoms. The zero-order chi connectivity index (χ0) is 25.4. The number of ether oxygens (including phenoxy) is 1. The number of para-hydroxylation sites is 1. The van der Waals surface area contributed by atoms with Crippen molar-refractivity contribution in [3.63, 3.8) is 0 Å². The highest BCUT2D eigenvalue weighted by Gasteiger charge is 2.33. The van der Waals surface area contributed by atoms with Gasteiger partial charge < -0.3 is 30.1 Å². The molecule has 1 fully saturated rings. The Morgan fingerprint density at radius 2 is 1.94 bits per heavy atom. The van der Waals surface area contributed by atoms with E-state index in [0.29, 0.717) is 18.8 Å². The van der Waals surface area contributed by atoms with E-state index in [1.54, 1.807) is 36.2 Å². The van der Waals surface area contributed by atoms with Gasteiger partial charge in [-0.1, -0.05) is 12.1 Å². The fraction of sp³-hybridized carbons (Fsp3) is 0.600. The number of carbonyl (C=O) groups is 4. The topological polar surface area (TPSA) is 111 Å². The minimum Gasteiger partial charge on any atom is -0.491 e. The minimum absolute atomic E-state index is 0.0846. The summed E-state index contributed by atoms with van der Waals surface area (Å²) in [5.41, 5.74) is 0.282. The number of fused-ring (bicyclic) bond motifs is 2. The first-order chi connectivity index (χ1) is 16.8. The van der Waals surface area contributed by atoms with Crippen LogP contribution in [0.3, 0.4) is 0 Å². The Morgan fingerprint density at radius 3 is 2.71 bits per heavy atom. The van der Waals surface area contributed by atoms with Crippen LogP contribution in [0.5, 0.6) is 5.75 Å². The number of hydrogen-bond donors (Lipinski definition) is 2. The van der Waals surface area contributed by atoms with Gasteiger partial charge in [-0.15, -0.1) is 0 Å². The Morgan fingerprint density at radius 1 is 1.17 bits per heavy atom. The number of unbranched alkanes of at least 4 members (excludes halogenated alkanes) is 1. The number of nitrogens with one attached hydrogen (secondary N) is 2. The van der Waals surface area contributed by atoms with E-state index in [1.165, 1.54) is 4.90 Å². The van der Waals surface area contributed by atoms with Gasteiger partial charge in [-0.25, -0.2) is 0 Å². The summed E-state index contributed by atoms with van der Waals surface area (Å²) in [5.74, 6) is -1.07. The number of nitrogens with zero attached hydrogens (tertiary/aromatic N) is 3. The first kappa shape index (κ1) is 26.5. The summed E-state index contributed by atoms with van der Waals surface area (Å²) in [5, 5.41) is 5.54. The molecule has 1 saturated heterocycles. The van der Waals surface area contributed by atoms with Gasteiger partial charge in [-0.2, -0.15) is 0 Å². The van der Waals surface area contributed by atoms with E-state index in [9.17, 15) is 19.2 Å². The van der Waals surface area contributed by atoms with Crippen LogP contribution in [0.4, 0.5) is 0 Å². The highest BCUT2D eigenvalue weighted by atomic mass is 16.5. The van der Waals surface area contributed by atoms with Crippen LogP contribution in [0.2, 0.25) is 0 Å². The van der Waals surface area contributed by atoms with Crippen molar-refractivity contribution in [2.75, 3.05) is 53.9 Å². The Labute approximate surface area is 206 Å². The number of likely N-dealkylation sites (N-methyl/N-ethyl adjacent to an activating group) is 1.